The molecular formula is C18H21IN2O3S. The molecule has 1 amide bonds. The molecule has 0 aliphatic carbocycles. The van der Waals surface area contributed by atoms with Crippen molar-refractivity contribution in [2.75, 3.05) is 10.0 Å². The van der Waals surface area contributed by atoms with Gasteiger partial charge < -0.3 is 5.32 Å². The summed E-state index contributed by atoms with van der Waals surface area (Å²) in [6.07, 6.45) is 0.386. The van der Waals surface area contributed by atoms with Gasteiger partial charge in [-0.25, -0.2) is 8.42 Å². The summed E-state index contributed by atoms with van der Waals surface area (Å²) in [7, 11) is -3.74. The molecule has 0 atom stereocenters. The Morgan fingerprint density at radius 3 is 2.56 bits per heavy atom. The van der Waals surface area contributed by atoms with Gasteiger partial charge in [0, 0.05) is 15.7 Å². The monoisotopic (exact) mass is 472 g/mol. The third-order valence-electron chi connectivity index (χ3n) is 3.39. The molecule has 0 fully saturated rings. The highest BCUT2D eigenvalue weighted by atomic mass is 127. The van der Waals surface area contributed by atoms with Gasteiger partial charge in [-0.1, -0.05) is 26.0 Å². The maximum absolute atomic E-state index is 12.7. The van der Waals surface area contributed by atoms with Crippen LogP contribution in [0.3, 0.4) is 0 Å². The molecule has 0 aromatic heterocycles. The molecule has 2 aromatic rings. The first-order valence-corrected chi connectivity index (χ1v) is 10.4. The highest BCUT2D eigenvalue weighted by molar-refractivity contribution is 14.1. The lowest BCUT2D eigenvalue weighted by Gasteiger charge is -2.12. The number of sulfonamides is 1. The van der Waals surface area contributed by atoms with E-state index in [4.69, 9.17) is 0 Å². The summed E-state index contributed by atoms with van der Waals surface area (Å²) in [6, 6.07) is 11.8. The highest BCUT2D eigenvalue weighted by Crippen LogP contribution is 2.24. The number of halogens is 1. The Balaban J connectivity index is 2.23. The predicted octanol–water partition coefficient (Wildman–Crippen LogP) is 4.39. The van der Waals surface area contributed by atoms with E-state index in [1.165, 1.54) is 12.1 Å². The van der Waals surface area contributed by atoms with E-state index in [9.17, 15) is 13.2 Å². The Morgan fingerprint density at radius 1 is 1.16 bits per heavy atom. The summed E-state index contributed by atoms with van der Waals surface area (Å²) in [4.78, 5) is 12.0. The number of rotatable bonds is 6. The van der Waals surface area contributed by atoms with Crippen molar-refractivity contribution in [3.8, 4) is 0 Å². The minimum absolute atomic E-state index is 0.104. The maximum atomic E-state index is 12.7. The zero-order valence-corrected chi connectivity index (χ0v) is 17.3. The van der Waals surface area contributed by atoms with Crippen LogP contribution in [-0.2, 0) is 14.8 Å². The number of benzene rings is 2. The van der Waals surface area contributed by atoms with E-state index < -0.39 is 10.0 Å². The topological polar surface area (TPSA) is 75.3 Å². The number of hydrogen-bond acceptors (Lipinski definition) is 3. The highest BCUT2D eigenvalue weighted by Gasteiger charge is 2.17. The first-order chi connectivity index (χ1) is 11.7. The van der Waals surface area contributed by atoms with Gasteiger partial charge in [-0.15, -0.1) is 0 Å². The maximum Gasteiger partial charge on any atom is 0.262 e. The average molecular weight is 472 g/mol. The predicted molar refractivity (Wildman–Crippen MR) is 109 cm³/mol. The van der Waals surface area contributed by atoms with Gasteiger partial charge in [0.1, 0.15) is 0 Å². The van der Waals surface area contributed by atoms with Gasteiger partial charge in [-0.3, -0.25) is 9.52 Å². The largest absolute Gasteiger partial charge is 0.326 e. The Labute approximate surface area is 162 Å². The standard InChI is InChI=1S/C18H21IN2O3S/c1-12(2)9-18(22)20-14-5-4-6-15(11-14)25(23,24)21-17-10-13(3)7-8-16(17)19/h4-8,10-12,21H,9H2,1-3H3,(H,20,22). The minimum atomic E-state index is -3.74. The molecule has 0 radical (unpaired) electrons. The molecule has 0 saturated carbocycles. The van der Waals surface area contributed by atoms with Crippen LogP contribution in [0.4, 0.5) is 11.4 Å². The normalized spacial score (nSPS) is 11.4. The Bertz CT molecular complexity index is 880. The van der Waals surface area contributed by atoms with Gasteiger partial charge in [-0.05, 0) is 71.3 Å². The summed E-state index contributed by atoms with van der Waals surface area (Å²) in [5.41, 5.74) is 1.97. The van der Waals surface area contributed by atoms with Crippen LogP contribution in [-0.4, -0.2) is 14.3 Å². The fraction of sp³-hybridized carbons (Fsp3) is 0.278. The second-order valence-electron chi connectivity index (χ2n) is 6.26. The van der Waals surface area contributed by atoms with Crippen molar-refractivity contribution in [3.05, 3.63) is 51.6 Å². The van der Waals surface area contributed by atoms with Gasteiger partial charge in [0.15, 0.2) is 0 Å². The van der Waals surface area contributed by atoms with Gasteiger partial charge in [-0.2, -0.15) is 0 Å². The zero-order valence-electron chi connectivity index (χ0n) is 14.3. The van der Waals surface area contributed by atoms with Crippen LogP contribution < -0.4 is 10.0 Å². The lowest BCUT2D eigenvalue weighted by molar-refractivity contribution is -0.116. The SMILES string of the molecule is Cc1ccc(I)c(NS(=O)(=O)c2cccc(NC(=O)CC(C)C)c2)c1. The van der Waals surface area contributed by atoms with E-state index in [0.717, 1.165) is 9.13 Å². The van der Waals surface area contributed by atoms with E-state index >= 15 is 0 Å². The molecule has 0 aliphatic rings. The van der Waals surface area contributed by atoms with Crippen molar-refractivity contribution in [2.45, 2.75) is 32.1 Å². The Kier molecular flexibility index (Phi) is 6.45. The molecule has 7 heteroatoms. The third kappa shape index (κ3) is 5.71. The first kappa shape index (κ1) is 19.7. The van der Waals surface area contributed by atoms with Crippen LogP contribution in [0.5, 0.6) is 0 Å². The summed E-state index contributed by atoms with van der Waals surface area (Å²) >= 11 is 2.09. The number of carbonyl (C=O) groups excluding carboxylic acids is 1. The summed E-state index contributed by atoms with van der Waals surface area (Å²) in [5.74, 6) is 0.0997. The van der Waals surface area contributed by atoms with Gasteiger partial charge >= 0.3 is 0 Å². The summed E-state index contributed by atoms with van der Waals surface area (Å²) < 4.78 is 28.7. The fourth-order valence-electron chi connectivity index (χ4n) is 2.24. The van der Waals surface area contributed by atoms with Crippen LogP contribution in [0, 0.1) is 16.4 Å². The molecule has 25 heavy (non-hydrogen) atoms. The van der Waals surface area contributed by atoms with Crippen LogP contribution in [0.25, 0.3) is 0 Å². The van der Waals surface area contributed by atoms with Crippen molar-refractivity contribution >= 4 is 49.9 Å². The van der Waals surface area contributed by atoms with Crippen LogP contribution in [0.15, 0.2) is 47.4 Å². The third-order valence-corrected chi connectivity index (χ3v) is 5.69. The Morgan fingerprint density at radius 2 is 1.88 bits per heavy atom. The number of nitrogens with one attached hydrogen (secondary N) is 2. The molecule has 0 heterocycles. The van der Waals surface area contributed by atoms with Gasteiger partial charge in [0.05, 0.1) is 10.6 Å². The first-order valence-electron chi connectivity index (χ1n) is 7.86. The molecule has 2 rings (SSSR count). The molecule has 0 bridgehead atoms. The lowest BCUT2D eigenvalue weighted by Crippen LogP contribution is -2.16. The molecule has 0 aliphatic heterocycles. The molecule has 2 aromatic carbocycles. The van der Waals surface area contributed by atoms with Crippen molar-refractivity contribution < 1.29 is 13.2 Å². The van der Waals surface area contributed by atoms with Crippen molar-refractivity contribution in [3.63, 3.8) is 0 Å². The molecule has 0 saturated heterocycles. The molecule has 134 valence electrons. The molecule has 2 N–H and O–H groups in total. The molecule has 0 spiro atoms. The summed E-state index contributed by atoms with van der Waals surface area (Å²) in [5, 5.41) is 2.74. The van der Waals surface area contributed by atoms with E-state index in [0.29, 0.717) is 17.8 Å². The molecule has 5 nitrogen and oxygen atoms in total. The lowest BCUT2D eigenvalue weighted by atomic mass is 10.1. The van der Waals surface area contributed by atoms with E-state index in [2.05, 4.69) is 32.6 Å². The van der Waals surface area contributed by atoms with E-state index in [-0.39, 0.29) is 16.7 Å². The smallest absolute Gasteiger partial charge is 0.262 e. The number of hydrogen-bond donors (Lipinski definition) is 2. The Hall–Kier alpha value is -1.61. The van der Waals surface area contributed by atoms with Crippen molar-refractivity contribution in [2.24, 2.45) is 5.92 Å². The van der Waals surface area contributed by atoms with Crippen LogP contribution in [0.1, 0.15) is 25.8 Å². The van der Waals surface area contributed by atoms with Gasteiger partial charge in [0.25, 0.3) is 10.0 Å². The quantitative estimate of drug-likeness (QED) is 0.613. The number of aryl methyl sites for hydroxylation is 1. The molecule has 0 unspecified atom stereocenters. The zero-order chi connectivity index (χ0) is 18.6. The summed E-state index contributed by atoms with van der Waals surface area (Å²) in [6.45, 7) is 5.81. The second-order valence-corrected chi connectivity index (χ2v) is 9.11. The molecular weight excluding hydrogens is 451 g/mol. The average Bonchev–Trinajstić information content (AvgIpc) is 2.50. The van der Waals surface area contributed by atoms with E-state index in [1.54, 1.807) is 18.2 Å². The number of carbonyl (C=O) groups is 1. The number of amides is 1. The number of anilines is 2. The minimum Gasteiger partial charge on any atom is -0.326 e. The van der Waals surface area contributed by atoms with Crippen LogP contribution >= 0.6 is 22.6 Å². The van der Waals surface area contributed by atoms with Crippen molar-refractivity contribution in [1.29, 1.82) is 0 Å². The van der Waals surface area contributed by atoms with E-state index in [1.807, 2.05) is 32.9 Å². The van der Waals surface area contributed by atoms with Gasteiger partial charge in [0.2, 0.25) is 5.91 Å². The fourth-order valence-corrected chi connectivity index (χ4v) is 4.01. The van der Waals surface area contributed by atoms with Crippen LogP contribution in [0.2, 0.25) is 0 Å². The van der Waals surface area contributed by atoms with Crippen molar-refractivity contribution in [1.82, 2.24) is 0 Å². The second kappa shape index (κ2) is 8.18.